The molecule has 42 heavy (non-hydrogen) atoms. The first kappa shape index (κ1) is 27.9. The average molecular weight is 568 g/mol. The number of hydrogen-bond acceptors (Lipinski definition) is 8. The molecule has 1 unspecified atom stereocenters. The summed E-state index contributed by atoms with van der Waals surface area (Å²) in [6.45, 7) is 16.5. The summed E-state index contributed by atoms with van der Waals surface area (Å²) in [5.41, 5.74) is 3.24. The second-order valence-electron chi connectivity index (χ2n) is 11.1. The second kappa shape index (κ2) is 12.3. The van der Waals surface area contributed by atoms with Gasteiger partial charge in [0, 0.05) is 49.4 Å². The predicted molar refractivity (Wildman–Crippen MR) is 163 cm³/mol. The highest BCUT2D eigenvalue weighted by Gasteiger charge is 2.35. The van der Waals surface area contributed by atoms with Crippen LogP contribution in [0.4, 0.5) is 11.5 Å². The first-order valence-corrected chi connectivity index (χ1v) is 14.6. The van der Waals surface area contributed by atoms with Gasteiger partial charge in [-0.2, -0.15) is 9.97 Å². The van der Waals surface area contributed by atoms with Gasteiger partial charge in [0.05, 0.1) is 18.8 Å². The van der Waals surface area contributed by atoms with Crippen molar-refractivity contribution in [1.29, 1.82) is 0 Å². The van der Waals surface area contributed by atoms with E-state index in [0.29, 0.717) is 45.4 Å². The Morgan fingerprint density at radius 1 is 1.14 bits per heavy atom. The lowest BCUT2D eigenvalue weighted by atomic mass is 10.0. The lowest BCUT2D eigenvalue weighted by Crippen LogP contribution is -2.56. The molecule has 10 heteroatoms. The van der Waals surface area contributed by atoms with Crippen LogP contribution < -0.4 is 14.5 Å². The number of piperazine rings is 1. The fourth-order valence-electron chi connectivity index (χ4n) is 6.25. The minimum Gasteiger partial charge on any atom is -0.459 e. The van der Waals surface area contributed by atoms with Crippen molar-refractivity contribution in [2.75, 3.05) is 69.3 Å². The van der Waals surface area contributed by atoms with E-state index in [-0.39, 0.29) is 24.7 Å². The largest absolute Gasteiger partial charge is 0.459 e. The summed E-state index contributed by atoms with van der Waals surface area (Å²) in [4.78, 5) is 34.5. The summed E-state index contributed by atoms with van der Waals surface area (Å²) < 4.78 is 12.1. The molecule has 0 radical (unpaired) electrons. The van der Waals surface area contributed by atoms with Gasteiger partial charge in [-0.15, -0.1) is 0 Å². The maximum Gasteiger partial charge on any atom is 0.318 e. The minimum absolute atomic E-state index is 0.139. The number of nitrogens with zero attached hydrogens (tertiary/aromatic N) is 7. The summed E-state index contributed by atoms with van der Waals surface area (Å²) in [5, 5.41) is 2.43. The summed E-state index contributed by atoms with van der Waals surface area (Å²) in [7, 11) is 2.04. The van der Waals surface area contributed by atoms with Crippen molar-refractivity contribution in [3.05, 3.63) is 77.8 Å². The van der Waals surface area contributed by atoms with Crippen LogP contribution in [-0.4, -0.2) is 97.5 Å². The summed E-state index contributed by atoms with van der Waals surface area (Å²) >= 11 is 0. The molecule has 2 fully saturated rings. The number of likely N-dealkylation sites (N-methyl/N-ethyl adjacent to an activating group) is 1. The van der Waals surface area contributed by atoms with Crippen molar-refractivity contribution in [3.8, 4) is 6.01 Å². The monoisotopic (exact) mass is 567 g/mol. The number of aromatic nitrogens is 2. The van der Waals surface area contributed by atoms with E-state index >= 15 is 0 Å². The van der Waals surface area contributed by atoms with E-state index in [2.05, 4.69) is 68.6 Å². The number of carbonyl (C=O) groups excluding carboxylic acids is 1. The number of carbonyl (C=O) groups is 1. The molecule has 0 spiro atoms. The van der Waals surface area contributed by atoms with Crippen LogP contribution in [0.15, 0.2) is 55.1 Å². The Labute approximate surface area is 247 Å². The van der Waals surface area contributed by atoms with E-state index in [1.54, 1.807) is 4.90 Å². The normalized spacial score (nSPS) is 21.1. The van der Waals surface area contributed by atoms with E-state index in [9.17, 15) is 4.79 Å². The number of anilines is 2. The van der Waals surface area contributed by atoms with Gasteiger partial charge in [-0.05, 0) is 37.4 Å². The lowest BCUT2D eigenvalue weighted by Gasteiger charge is -2.41. The van der Waals surface area contributed by atoms with Gasteiger partial charge >= 0.3 is 6.01 Å². The first-order chi connectivity index (χ1) is 20.6. The van der Waals surface area contributed by atoms with Crippen LogP contribution in [0.25, 0.3) is 15.6 Å². The van der Waals surface area contributed by atoms with Crippen LogP contribution in [0.3, 0.4) is 0 Å². The third kappa shape index (κ3) is 5.62. The van der Waals surface area contributed by atoms with Crippen LogP contribution in [0.5, 0.6) is 6.01 Å². The third-order valence-electron chi connectivity index (χ3n) is 8.48. The summed E-state index contributed by atoms with van der Waals surface area (Å²) in [5.74, 6) is 0.700. The molecule has 0 N–H and O–H groups in total. The zero-order valence-electron chi connectivity index (χ0n) is 24.1. The van der Waals surface area contributed by atoms with Crippen LogP contribution in [0, 0.1) is 6.57 Å². The van der Waals surface area contributed by atoms with Gasteiger partial charge in [0.15, 0.2) is 0 Å². The summed E-state index contributed by atoms with van der Waals surface area (Å²) in [6, 6.07) is 15.0. The van der Waals surface area contributed by atoms with Crippen molar-refractivity contribution in [2.24, 2.45) is 0 Å². The molecule has 1 amide bonds. The van der Waals surface area contributed by atoms with Gasteiger partial charge < -0.3 is 29.0 Å². The maximum atomic E-state index is 12.5. The van der Waals surface area contributed by atoms with Crippen LogP contribution in [-0.2, 0) is 22.5 Å². The van der Waals surface area contributed by atoms with Gasteiger partial charge in [-0.1, -0.05) is 43.0 Å². The van der Waals surface area contributed by atoms with Crippen molar-refractivity contribution in [2.45, 2.75) is 31.7 Å². The van der Waals surface area contributed by atoms with Crippen molar-refractivity contribution in [3.63, 3.8) is 0 Å². The van der Waals surface area contributed by atoms with E-state index in [1.807, 2.05) is 7.05 Å². The number of amides is 1. The fraction of sp³-hybridized carbons (Fsp3) is 0.438. The van der Waals surface area contributed by atoms with E-state index in [4.69, 9.17) is 26.0 Å². The minimum atomic E-state index is -0.239. The van der Waals surface area contributed by atoms with Crippen LogP contribution in [0.2, 0.25) is 0 Å². The van der Waals surface area contributed by atoms with Gasteiger partial charge in [0.1, 0.15) is 24.7 Å². The molecule has 10 nitrogen and oxygen atoms in total. The Morgan fingerprint density at radius 2 is 2.00 bits per heavy atom. The molecule has 3 aliphatic rings. The topological polar surface area (TPSA) is 78.6 Å². The van der Waals surface area contributed by atoms with Crippen LogP contribution >= 0.6 is 0 Å². The maximum absolute atomic E-state index is 12.5. The van der Waals surface area contributed by atoms with Crippen LogP contribution in [0.1, 0.15) is 17.7 Å². The highest BCUT2D eigenvalue weighted by molar-refractivity contribution is 5.94. The zero-order chi connectivity index (χ0) is 29.1. The Morgan fingerprint density at radius 3 is 2.83 bits per heavy atom. The van der Waals surface area contributed by atoms with E-state index in [1.165, 1.54) is 22.5 Å². The van der Waals surface area contributed by atoms with Gasteiger partial charge in [-0.3, -0.25) is 9.69 Å². The Hall–Kier alpha value is -4.20. The van der Waals surface area contributed by atoms with Gasteiger partial charge in [0.25, 0.3) is 0 Å². The molecular weight excluding hydrogens is 530 g/mol. The number of benzene rings is 2. The molecule has 3 aliphatic heterocycles. The molecule has 0 bridgehead atoms. The summed E-state index contributed by atoms with van der Waals surface area (Å²) in [6.07, 6.45) is 2.97. The molecule has 218 valence electrons. The van der Waals surface area contributed by atoms with Crippen molar-refractivity contribution < 1.29 is 14.3 Å². The molecule has 3 aromatic rings. The molecule has 4 heterocycles. The SMILES string of the molecule is [C-]#[N+]CC1CN(c2nc(OC[C@H]3OCCCN3C)nc3c2CCN(c2cccc4ccccc24)C3)CCN1C(=O)C=C. The third-order valence-corrected chi connectivity index (χ3v) is 8.48. The Kier molecular flexibility index (Phi) is 8.22. The number of fused-ring (bicyclic) bond motifs is 2. The first-order valence-electron chi connectivity index (χ1n) is 14.6. The molecule has 6 rings (SSSR count). The van der Waals surface area contributed by atoms with E-state index in [0.717, 1.165) is 43.0 Å². The lowest BCUT2D eigenvalue weighted by molar-refractivity contribution is -0.128. The molecule has 2 saturated heterocycles. The standard InChI is InChI=1S/C32H37N7O3/c1-4-29(40)39-17-16-38(20-24(39)19-33-2)31-26-13-15-37(28-12-7-10-23-9-5-6-11-25(23)28)21-27(26)34-32(35-31)42-22-30-36(3)14-8-18-41-30/h4-7,9-12,24,30H,1,8,13-22H2,3H3/t24?,30-/m1/s1. The molecule has 0 saturated carbocycles. The second-order valence-corrected chi connectivity index (χ2v) is 11.1. The van der Waals surface area contributed by atoms with Gasteiger partial charge in [0.2, 0.25) is 12.5 Å². The Balaban J connectivity index is 1.32. The number of ether oxygens (including phenoxy) is 2. The molecule has 2 atom stereocenters. The van der Waals surface area contributed by atoms with Crippen molar-refractivity contribution >= 4 is 28.2 Å². The molecule has 2 aromatic carbocycles. The predicted octanol–water partition coefficient (Wildman–Crippen LogP) is 3.37. The highest BCUT2D eigenvalue weighted by Crippen LogP contribution is 2.34. The highest BCUT2D eigenvalue weighted by atomic mass is 16.6. The van der Waals surface area contributed by atoms with Gasteiger partial charge in [-0.25, -0.2) is 6.57 Å². The Bertz CT molecular complexity index is 1500. The fourth-order valence-corrected chi connectivity index (χ4v) is 6.25. The smallest absolute Gasteiger partial charge is 0.318 e. The molecular formula is C32H37N7O3. The van der Waals surface area contributed by atoms with Crippen molar-refractivity contribution in [1.82, 2.24) is 19.8 Å². The quantitative estimate of drug-likeness (QED) is 0.318. The number of hydrogen-bond donors (Lipinski definition) is 0. The molecule has 0 aliphatic carbocycles. The average Bonchev–Trinajstić information content (AvgIpc) is 3.03. The van der Waals surface area contributed by atoms with E-state index < -0.39 is 0 Å². The number of rotatable bonds is 7. The molecule has 1 aromatic heterocycles. The zero-order valence-corrected chi connectivity index (χ0v) is 24.1.